The maximum Gasteiger partial charge on any atom is 0.321 e. The van der Waals surface area contributed by atoms with Gasteiger partial charge in [0.2, 0.25) is 15.9 Å². The van der Waals surface area contributed by atoms with Crippen LogP contribution in [0.3, 0.4) is 0 Å². The van der Waals surface area contributed by atoms with Gasteiger partial charge in [-0.25, -0.2) is 8.42 Å². The number of unbranched alkanes of at least 4 members (excludes halogenated alkanes) is 1. The molecule has 0 radical (unpaired) electrons. The zero-order valence-corrected chi connectivity index (χ0v) is 21.8. The number of amides is 1. The first-order valence-electron chi connectivity index (χ1n) is 12.3. The van der Waals surface area contributed by atoms with E-state index in [1.807, 2.05) is 42.5 Å². The Hall–Kier alpha value is -3.89. The second kappa shape index (κ2) is 12.1. The number of aliphatic carboxylic acids is 1. The molecule has 1 heterocycles. The van der Waals surface area contributed by atoms with Gasteiger partial charge in [-0.05, 0) is 61.6 Å². The minimum absolute atomic E-state index is 0.0369. The van der Waals surface area contributed by atoms with E-state index in [9.17, 15) is 23.1 Å². The lowest BCUT2D eigenvalue weighted by Crippen LogP contribution is -2.40. The molecule has 4 aromatic rings. The van der Waals surface area contributed by atoms with Crippen LogP contribution in [0.4, 0.5) is 0 Å². The zero-order valence-electron chi connectivity index (χ0n) is 21.0. The highest BCUT2D eigenvalue weighted by atomic mass is 32.2. The molecule has 3 aromatic carbocycles. The summed E-state index contributed by atoms with van der Waals surface area (Å²) in [6.07, 6.45) is 1.85. The van der Waals surface area contributed by atoms with Gasteiger partial charge in [0.25, 0.3) is 0 Å². The van der Waals surface area contributed by atoms with Crippen molar-refractivity contribution in [2.24, 2.45) is 0 Å². The summed E-state index contributed by atoms with van der Waals surface area (Å²) in [4.78, 5) is 23.9. The van der Waals surface area contributed by atoms with Gasteiger partial charge in [0, 0.05) is 23.7 Å². The predicted octanol–water partition coefficient (Wildman–Crippen LogP) is 4.25. The second-order valence-corrected chi connectivity index (χ2v) is 10.6. The average Bonchev–Trinajstić information content (AvgIpc) is 3.29. The number of methoxy groups -OCH3 is 1. The Kier molecular flexibility index (Phi) is 8.65. The number of fused-ring (bicyclic) bond motifs is 3. The standard InChI is InChI=1S/C28H30N2O7S/c1-36-24-11-4-2-8-19(24)13-16-27(31)29-17-7-6-10-23(28(32)33)30-38(34,35)20-14-15-26-22(18-20)21-9-3-5-12-25(21)37-26/h2-5,8-9,11-12,14-15,18,23,30H,6-7,10,13,16-17H2,1H3,(H,29,31)(H,32,33). The molecule has 0 saturated heterocycles. The summed E-state index contributed by atoms with van der Waals surface area (Å²) in [5.41, 5.74) is 2.13. The van der Waals surface area contributed by atoms with Crippen LogP contribution in [0.2, 0.25) is 0 Å². The van der Waals surface area contributed by atoms with Crippen LogP contribution < -0.4 is 14.8 Å². The summed E-state index contributed by atoms with van der Waals surface area (Å²) in [6.45, 7) is 0.369. The fraction of sp³-hybridized carbons (Fsp3) is 0.286. The topological polar surface area (TPSA) is 135 Å². The fourth-order valence-electron chi connectivity index (χ4n) is 4.31. The molecular weight excluding hydrogens is 508 g/mol. The number of furan rings is 1. The first-order chi connectivity index (χ1) is 18.3. The monoisotopic (exact) mass is 538 g/mol. The summed E-state index contributed by atoms with van der Waals surface area (Å²) in [5.74, 6) is -0.640. The summed E-state index contributed by atoms with van der Waals surface area (Å²) in [6, 6.07) is 18.0. The summed E-state index contributed by atoms with van der Waals surface area (Å²) >= 11 is 0. The van der Waals surface area contributed by atoms with Crippen molar-refractivity contribution < 1.29 is 32.3 Å². The Labute approximate surface area is 220 Å². The van der Waals surface area contributed by atoms with Crippen LogP contribution in [0.15, 0.2) is 76.0 Å². The molecule has 10 heteroatoms. The van der Waals surface area contributed by atoms with Gasteiger partial charge < -0.3 is 19.6 Å². The first kappa shape index (κ1) is 27.2. The van der Waals surface area contributed by atoms with Crippen molar-refractivity contribution >= 4 is 43.8 Å². The van der Waals surface area contributed by atoms with E-state index in [-0.39, 0.29) is 17.2 Å². The molecule has 4 rings (SSSR count). The van der Waals surface area contributed by atoms with E-state index in [4.69, 9.17) is 9.15 Å². The van der Waals surface area contributed by atoms with Crippen molar-refractivity contribution in [3.63, 3.8) is 0 Å². The molecule has 0 bridgehead atoms. The Morgan fingerprint density at radius 3 is 2.50 bits per heavy atom. The highest BCUT2D eigenvalue weighted by Crippen LogP contribution is 2.30. The Morgan fingerprint density at radius 1 is 0.974 bits per heavy atom. The molecule has 0 aliphatic heterocycles. The van der Waals surface area contributed by atoms with Gasteiger partial charge in [0.1, 0.15) is 23.0 Å². The number of rotatable bonds is 13. The number of ether oxygens (including phenoxy) is 1. The summed E-state index contributed by atoms with van der Waals surface area (Å²) in [5, 5.41) is 13.8. The fourth-order valence-corrected chi connectivity index (χ4v) is 5.56. The lowest BCUT2D eigenvalue weighted by atomic mass is 10.1. The third-order valence-corrected chi connectivity index (χ3v) is 7.78. The molecular formula is C28H30N2O7S. The van der Waals surface area contributed by atoms with E-state index >= 15 is 0 Å². The highest BCUT2D eigenvalue weighted by Gasteiger charge is 2.25. The third-order valence-electron chi connectivity index (χ3n) is 6.31. The Morgan fingerprint density at radius 2 is 1.71 bits per heavy atom. The van der Waals surface area contributed by atoms with Crippen molar-refractivity contribution in [3.8, 4) is 5.75 Å². The van der Waals surface area contributed by atoms with E-state index < -0.39 is 22.0 Å². The number of carbonyl (C=O) groups excluding carboxylic acids is 1. The molecule has 0 fully saturated rings. The van der Waals surface area contributed by atoms with Crippen molar-refractivity contribution in [1.82, 2.24) is 10.0 Å². The first-order valence-corrected chi connectivity index (χ1v) is 13.8. The highest BCUT2D eigenvalue weighted by molar-refractivity contribution is 7.89. The molecule has 0 saturated carbocycles. The SMILES string of the molecule is COc1ccccc1CCC(=O)NCCCCC(NS(=O)(=O)c1ccc2oc3ccccc3c2c1)C(=O)O. The van der Waals surface area contributed by atoms with Gasteiger partial charge in [-0.15, -0.1) is 0 Å². The molecule has 1 amide bonds. The van der Waals surface area contributed by atoms with E-state index in [0.29, 0.717) is 48.8 Å². The molecule has 38 heavy (non-hydrogen) atoms. The van der Waals surface area contributed by atoms with E-state index in [0.717, 1.165) is 16.7 Å². The largest absolute Gasteiger partial charge is 0.496 e. The van der Waals surface area contributed by atoms with E-state index in [1.165, 1.54) is 12.1 Å². The number of nitrogens with one attached hydrogen (secondary N) is 2. The van der Waals surface area contributed by atoms with Gasteiger partial charge in [0.05, 0.1) is 12.0 Å². The summed E-state index contributed by atoms with van der Waals surface area (Å²) < 4.78 is 39.3. The van der Waals surface area contributed by atoms with Crippen LogP contribution in [0.5, 0.6) is 5.75 Å². The lowest BCUT2D eigenvalue weighted by molar-refractivity contribution is -0.139. The molecule has 0 aliphatic rings. The van der Waals surface area contributed by atoms with Crippen molar-refractivity contribution in [1.29, 1.82) is 0 Å². The normalized spacial score (nSPS) is 12.4. The number of carboxylic acid groups (broad SMARTS) is 1. The second-order valence-electron chi connectivity index (χ2n) is 8.93. The number of para-hydroxylation sites is 2. The van der Waals surface area contributed by atoms with E-state index in [1.54, 1.807) is 19.2 Å². The van der Waals surface area contributed by atoms with Crippen molar-refractivity contribution in [2.75, 3.05) is 13.7 Å². The number of carboxylic acids is 1. The number of hydrogen-bond donors (Lipinski definition) is 3. The summed E-state index contributed by atoms with van der Waals surface area (Å²) in [7, 11) is -2.50. The Balaban J connectivity index is 1.28. The number of sulfonamides is 1. The Bertz CT molecular complexity index is 1550. The number of benzene rings is 3. The third kappa shape index (κ3) is 6.51. The van der Waals surface area contributed by atoms with Gasteiger partial charge >= 0.3 is 5.97 Å². The van der Waals surface area contributed by atoms with Crippen LogP contribution in [-0.2, 0) is 26.0 Å². The maximum absolute atomic E-state index is 13.0. The molecule has 1 aromatic heterocycles. The molecule has 0 spiro atoms. The minimum atomic E-state index is -4.09. The number of carbonyl (C=O) groups is 2. The molecule has 0 aliphatic carbocycles. The average molecular weight is 539 g/mol. The van der Waals surface area contributed by atoms with Crippen LogP contribution in [0.25, 0.3) is 21.9 Å². The van der Waals surface area contributed by atoms with Crippen LogP contribution in [-0.4, -0.2) is 45.1 Å². The van der Waals surface area contributed by atoms with Crippen LogP contribution in [0, 0.1) is 0 Å². The van der Waals surface area contributed by atoms with Crippen LogP contribution >= 0.6 is 0 Å². The predicted molar refractivity (Wildman–Crippen MR) is 144 cm³/mol. The van der Waals surface area contributed by atoms with Gasteiger partial charge in [-0.2, -0.15) is 4.72 Å². The van der Waals surface area contributed by atoms with Gasteiger partial charge in [-0.1, -0.05) is 36.4 Å². The van der Waals surface area contributed by atoms with Crippen LogP contribution in [0.1, 0.15) is 31.2 Å². The molecule has 1 unspecified atom stereocenters. The van der Waals surface area contributed by atoms with Crippen molar-refractivity contribution in [2.45, 2.75) is 43.0 Å². The maximum atomic E-state index is 13.0. The zero-order chi connectivity index (χ0) is 27.1. The smallest absolute Gasteiger partial charge is 0.321 e. The van der Waals surface area contributed by atoms with Gasteiger partial charge in [0.15, 0.2) is 0 Å². The lowest BCUT2D eigenvalue weighted by Gasteiger charge is -2.15. The van der Waals surface area contributed by atoms with Gasteiger partial charge in [-0.3, -0.25) is 9.59 Å². The molecule has 1 atom stereocenters. The van der Waals surface area contributed by atoms with E-state index in [2.05, 4.69) is 10.0 Å². The van der Waals surface area contributed by atoms with Crippen molar-refractivity contribution in [3.05, 3.63) is 72.3 Å². The minimum Gasteiger partial charge on any atom is -0.496 e. The number of aryl methyl sites for hydroxylation is 1. The number of hydrogen-bond acceptors (Lipinski definition) is 6. The molecule has 200 valence electrons. The molecule has 3 N–H and O–H groups in total. The molecule has 9 nitrogen and oxygen atoms in total. The quantitative estimate of drug-likeness (QED) is 0.217.